The van der Waals surface area contributed by atoms with Crippen LogP contribution in [0.5, 0.6) is 5.75 Å². The van der Waals surface area contributed by atoms with Crippen molar-refractivity contribution >= 4 is 27.5 Å². The zero-order valence-corrected chi connectivity index (χ0v) is 27.9. The van der Waals surface area contributed by atoms with Crippen molar-refractivity contribution in [2.75, 3.05) is 24.0 Å². The molecular weight excluding hydrogens is 617 g/mol. The van der Waals surface area contributed by atoms with Crippen molar-refractivity contribution < 1.29 is 27.1 Å². The summed E-state index contributed by atoms with van der Waals surface area (Å²) >= 11 is 0. The second-order valence-electron chi connectivity index (χ2n) is 11.2. The molecule has 4 aromatic carbocycles. The van der Waals surface area contributed by atoms with Crippen molar-refractivity contribution in [1.82, 2.24) is 10.2 Å². The number of hydrogen-bond acceptors (Lipinski definition) is 5. The van der Waals surface area contributed by atoms with Crippen LogP contribution in [0, 0.1) is 12.7 Å². The summed E-state index contributed by atoms with van der Waals surface area (Å²) in [6, 6.07) is 27.0. The first-order chi connectivity index (χ1) is 22.6. The van der Waals surface area contributed by atoms with Crippen LogP contribution in [0.4, 0.5) is 10.1 Å². The number of unbranched alkanes of at least 4 members (excludes halogenated alkanes) is 1. The van der Waals surface area contributed by atoms with Crippen LogP contribution in [0.2, 0.25) is 0 Å². The van der Waals surface area contributed by atoms with Crippen LogP contribution in [0.15, 0.2) is 108 Å². The number of rotatable bonds is 16. The van der Waals surface area contributed by atoms with Gasteiger partial charge in [0.05, 0.1) is 17.2 Å². The van der Waals surface area contributed by atoms with E-state index >= 15 is 0 Å². The molecule has 8 nitrogen and oxygen atoms in total. The number of benzene rings is 4. The summed E-state index contributed by atoms with van der Waals surface area (Å²) in [5.41, 5.74) is 2.48. The fourth-order valence-electron chi connectivity index (χ4n) is 5.14. The number of carbonyl (C=O) groups is 2. The molecule has 10 heteroatoms. The Labute approximate surface area is 277 Å². The second-order valence-corrected chi connectivity index (χ2v) is 13.1. The molecule has 47 heavy (non-hydrogen) atoms. The van der Waals surface area contributed by atoms with E-state index in [4.69, 9.17) is 4.74 Å². The SMILES string of the molecule is CCCCNC(=O)[C@H](Cc1ccccc1)N(Cc1ccc(F)cc1)C(=O)CN(c1ccccc1OCC)S(=O)(=O)c1ccc(C)cc1. The Balaban J connectivity index is 1.82. The van der Waals surface area contributed by atoms with Gasteiger partial charge in [0.25, 0.3) is 10.0 Å². The quantitative estimate of drug-likeness (QED) is 0.143. The standard InChI is InChI=1S/C37H42FN3O5S/c1-4-6-24-39-37(43)34(25-29-12-8-7-9-13-29)40(26-30-18-20-31(38)21-19-30)36(42)27-41(33-14-10-11-15-35(33)46-5-2)47(44,45)32-22-16-28(3)17-23-32/h7-23,34H,4-6,24-27H2,1-3H3,(H,39,43)/t34-/m0/s1. The lowest BCUT2D eigenvalue weighted by atomic mass is 10.0. The van der Waals surface area contributed by atoms with E-state index in [1.807, 2.05) is 44.2 Å². The summed E-state index contributed by atoms with van der Waals surface area (Å²) in [7, 11) is -4.29. The lowest BCUT2D eigenvalue weighted by molar-refractivity contribution is -0.140. The largest absolute Gasteiger partial charge is 0.492 e. The van der Waals surface area contributed by atoms with Crippen molar-refractivity contribution in [2.45, 2.75) is 57.5 Å². The highest BCUT2D eigenvalue weighted by Gasteiger charge is 2.35. The fraction of sp³-hybridized carbons (Fsp3) is 0.297. The average Bonchev–Trinajstić information content (AvgIpc) is 3.07. The van der Waals surface area contributed by atoms with Gasteiger partial charge in [-0.1, -0.05) is 85.6 Å². The maximum absolute atomic E-state index is 14.6. The Morgan fingerprint density at radius 3 is 2.17 bits per heavy atom. The van der Waals surface area contributed by atoms with E-state index in [1.165, 1.54) is 29.2 Å². The number of nitrogens with zero attached hydrogens (tertiary/aromatic N) is 2. The number of hydrogen-bond donors (Lipinski definition) is 1. The molecular formula is C37H42FN3O5S. The minimum atomic E-state index is -4.29. The number of halogens is 1. The van der Waals surface area contributed by atoms with Crippen LogP contribution in [-0.2, 0) is 32.6 Å². The molecule has 0 fully saturated rings. The Bertz CT molecular complexity index is 1720. The lowest BCUT2D eigenvalue weighted by Crippen LogP contribution is -2.53. The number of nitrogens with one attached hydrogen (secondary N) is 1. The number of anilines is 1. The summed E-state index contributed by atoms with van der Waals surface area (Å²) in [4.78, 5) is 29.8. The minimum Gasteiger partial charge on any atom is -0.492 e. The van der Waals surface area contributed by atoms with Gasteiger partial charge in [-0.25, -0.2) is 12.8 Å². The molecule has 0 spiro atoms. The van der Waals surface area contributed by atoms with Gasteiger partial charge in [-0.2, -0.15) is 0 Å². The highest BCUT2D eigenvalue weighted by molar-refractivity contribution is 7.92. The van der Waals surface area contributed by atoms with E-state index in [1.54, 1.807) is 55.5 Å². The smallest absolute Gasteiger partial charge is 0.264 e. The minimum absolute atomic E-state index is 0.00503. The predicted octanol–water partition coefficient (Wildman–Crippen LogP) is 6.28. The predicted molar refractivity (Wildman–Crippen MR) is 182 cm³/mol. The molecule has 1 atom stereocenters. The Morgan fingerprint density at radius 1 is 0.851 bits per heavy atom. The van der Waals surface area contributed by atoms with Crippen LogP contribution in [0.3, 0.4) is 0 Å². The molecule has 2 amide bonds. The van der Waals surface area contributed by atoms with Crippen molar-refractivity contribution in [3.05, 3.63) is 126 Å². The first-order valence-electron chi connectivity index (χ1n) is 15.8. The monoisotopic (exact) mass is 659 g/mol. The van der Waals surface area contributed by atoms with Gasteiger partial charge in [-0.3, -0.25) is 13.9 Å². The number of sulfonamides is 1. The Morgan fingerprint density at radius 2 is 1.51 bits per heavy atom. The van der Waals surface area contributed by atoms with E-state index in [-0.39, 0.29) is 36.1 Å². The molecule has 0 aliphatic carbocycles. The van der Waals surface area contributed by atoms with Gasteiger partial charge in [0.2, 0.25) is 11.8 Å². The van der Waals surface area contributed by atoms with Crippen molar-refractivity contribution in [3.63, 3.8) is 0 Å². The van der Waals surface area contributed by atoms with Gasteiger partial charge in [0.15, 0.2) is 0 Å². The van der Waals surface area contributed by atoms with E-state index in [2.05, 4.69) is 5.32 Å². The van der Waals surface area contributed by atoms with Crippen LogP contribution in [0.25, 0.3) is 0 Å². The normalized spacial score (nSPS) is 11.8. The fourth-order valence-corrected chi connectivity index (χ4v) is 6.56. The molecule has 0 bridgehead atoms. The molecule has 0 heterocycles. The average molecular weight is 660 g/mol. The molecule has 0 unspecified atom stereocenters. The van der Waals surface area contributed by atoms with Crippen molar-refractivity contribution in [2.24, 2.45) is 0 Å². The maximum Gasteiger partial charge on any atom is 0.264 e. The third-order valence-corrected chi connectivity index (χ3v) is 9.46. The van der Waals surface area contributed by atoms with Gasteiger partial charge in [0.1, 0.15) is 24.2 Å². The van der Waals surface area contributed by atoms with Crippen molar-refractivity contribution in [3.8, 4) is 5.75 Å². The third kappa shape index (κ3) is 9.42. The first kappa shape index (κ1) is 35.2. The number of para-hydroxylation sites is 2. The van der Waals surface area contributed by atoms with Gasteiger partial charge in [-0.15, -0.1) is 0 Å². The van der Waals surface area contributed by atoms with E-state index in [9.17, 15) is 22.4 Å². The Hall–Kier alpha value is -4.70. The highest BCUT2D eigenvalue weighted by atomic mass is 32.2. The molecule has 0 aliphatic rings. The van der Waals surface area contributed by atoms with Gasteiger partial charge in [0, 0.05) is 19.5 Å². The first-order valence-corrected chi connectivity index (χ1v) is 17.2. The van der Waals surface area contributed by atoms with E-state index in [0.29, 0.717) is 17.9 Å². The van der Waals surface area contributed by atoms with Crippen molar-refractivity contribution in [1.29, 1.82) is 0 Å². The number of carbonyl (C=O) groups excluding carboxylic acids is 2. The lowest BCUT2D eigenvalue weighted by Gasteiger charge is -2.34. The van der Waals surface area contributed by atoms with Crippen LogP contribution >= 0.6 is 0 Å². The molecule has 0 aromatic heterocycles. The summed E-state index contributed by atoms with van der Waals surface area (Å²) in [6.45, 7) is 5.69. The molecule has 0 saturated carbocycles. The maximum atomic E-state index is 14.6. The van der Waals surface area contributed by atoms with Crippen LogP contribution < -0.4 is 14.4 Å². The third-order valence-electron chi connectivity index (χ3n) is 7.69. The zero-order valence-electron chi connectivity index (χ0n) is 27.1. The molecule has 4 aromatic rings. The highest BCUT2D eigenvalue weighted by Crippen LogP contribution is 2.33. The van der Waals surface area contributed by atoms with Gasteiger partial charge < -0.3 is 15.0 Å². The van der Waals surface area contributed by atoms with E-state index < -0.39 is 34.3 Å². The molecule has 248 valence electrons. The second kappa shape index (κ2) is 16.7. The summed E-state index contributed by atoms with van der Waals surface area (Å²) < 4.78 is 49.3. The van der Waals surface area contributed by atoms with Crippen LogP contribution in [-0.4, -0.2) is 50.9 Å². The number of amides is 2. The molecule has 0 aliphatic heterocycles. The number of ether oxygens (including phenoxy) is 1. The summed E-state index contributed by atoms with van der Waals surface area (Å²) in [5, 5.41) is 2.96. The van der Waals surface area contributed by atoms with Gasteiger partial charge in [-0.05, 0) is 67.8 Å². The molecule has 0 radical (unpaired) electrons. The molecule has 0 saturated heterocycles. The Kier molecular flexibility index (Phi) is 12.5. The van der Waals surface area contributed by atoms with E-state index in [0.717, 1.165) is 28.3 Å². The topological polar surface area (TPSA) is 96.0 Å². The summed E-state index contributed by atoms with van der Waals surface area (Å²) in [6.07, 6.45) is 1.81. The van der Waals surface area contributed by atoms with Crippen LogP contribution in [0.1, 0.15) is 43.4 Å². The van der Waals surface area contributed by atoms with Gasteiger partial charge >= 0.3 is 0 Å². The zero-order chi connectivity index (χ0) is 33.8. The molecule has 1 N–H and O–H groups in total. The number of aryl methyl sites for hydroxylation is 1. The summed E-state index contributed by atoms with van der Waals surface area (Å²) in [5.74, 6) is -1.11. The molecule has 4 rings (SSSR count).